The zero-order chi connectivity index (χ0) is 15.1. The number of esters is 1. The quantitative estimate of drug-likeness (QED) is 0.324. The molecule has 6 heteroatoms. The molecule has 0 aromatic heterocycles. The largest absolute Gasteiger partial charge is 0.487 e. The van der Waals surface area contributed by atoms with Crippen molar-refractivity contribution in [1.82, 2.24) is 0 Å². The molecule has 20 heavy (non-hydrogen) atoms. The van der Waals surface area contributed by atoms with Crippen molar-refractivity contribution >= 4 is 46.8 Å². The lowest BCUT2D eigenvalue weighted by molar-refractivity contribution is -0.137. The number of carbonyl (C=O) groups is 1. The van der Waals surface area contributed by atoms with Gasteiger partial charge in [0, 0.05) is 11.6 Å². The summed E-state index contributed by atoms with van der Waals surface area (Å²) in [7, 11) is 0. The van der Waals surface area contributed by atoms with Gasteiger partial charge >= 0.3 is 5.97 Å². The summed E-state index contributed by atoms with van der Waals surface area (Å²) in [5.41, 5.74) is 0.416. The van der Waals surface area contributed by atoms with E-state index in [9.17, 15) is 4.79 Å². The first-order valence-corrected chi connectivity index (χ1v) is 6.90. The molecule has 0 aliphatic heterocycles. The Kier molecular flexibility index (Phi) is 6.93. The first kappa shape index (κ1) is 16.9. The number of ether oxygens (including phenoxy) is 2. The highest BCUT2D eigenvalue weighted by atomic mass is 35.5. The Morgan fingerprint density at radius 2 is 2.05 bits per heavy atom. The molecule has 3 nitrogen and oxygen atoms in total. The van der Waals surface area contributed by atoms with Gasteiger partial charge in [0.05, 0.1) is 21.7 Å². The fourth-order valence-corrected chi connectivity index (χ4v) is 2.11. The lowest BCUT2D eigenvalue weighted by Crippen LogP contribution is -2.00. The minimum absolute atomic E-state index is 0.246. The second kappa shape index (κ2) is 8.20. The van der Waals surface area contributed by atoms with Crippen molar-refractivity contribution in [3.8, 4) is 5.75 Å². The van der Waals surface area contributed by atoms with E-state index in [0.29, 0.717) is 16.3 Å². The summed E-state index contributed by atoms with van der Waals surface area (Å²) in [5, 5.41) is 0.812. The van der Waals surface area contributed by atoms with E-state index in [1.165, 1.54) is 18.2 Å². The number of hydrogen-bond acceptors (Lipinski definition) is 3. The average molecular weight is 336 g/mol. The summed E-state index contributed by atoms with van der Waals surface area (Å²) >= 11 is 18.1. The SMILES string of the molecule is C=CCOc1c(Cl)cc(Cl)c(Cl)c1/C=C/C(=O)OCC. The topological polar surface area (TPSA) is 35.5 Å². The normalized spacial score (nSPS) is 10.6. The van der Waals surface area contributed by atoms with E-state index >= 15 is 0 Å². The Morgan fingerprint density at radius 1 is 1.35 bits per heavy atom. The van der Waals surface area contributed by atoms with E-state index in [-0.39, 0.29) is 23.3 Å². The molecule has 0 aliphatic rings. The van der Waals surface area contributed by atoms with Crippen molar-refractivity contribution < 1.29 is 14.3 Å². The van der Waals surface area contributed by atoms with E-state index in [4.69, 9.17) is 44.3 Å². The fraction of sp³-hybridized carbons (Fsp3) is 0.214. The van der Waals surface area contributed by atoms with Crippen LogP contribution in [0.25, 0.3) is 6.08 Å². The van der Waals surface area contributed by atoms with Crippen LogP contribution in [0.4, 0.5) is 0 Å². The van der Waals surface area contributed by atoms with Crippen molar-refractivity contribution in [3.63, 3.8) is 0 Å². The predicted molar refractivity (Wildman–Crippen MR) is 82.8 cm³/mol. The van der Waals surface area contributed by atoms with Crippen LogP contribution < -0.4 is 4.74 Å². The molecule has 0 fully saturated rings. The second-order valence-corrected chi connectivity index (χ2v) is 4.77. The number of halogens is 3. The van der Waals surface area contributed by atoms with E-state index in [1.807, 2.05) is 0 Å². The number of carbonyl (C=O) groups excluding carboxylic acids is 1. The van der Waals surface area contributed by atoms with Crippen LogP contribution in [-0.2, 0) is 9.53 Å². The first-order valence-electron chi connectivity index (χ1n) is 5.77. The molecule has 0 aliphatic carbocycles. The van der Waals surface area contributed by atoms with Gasteiger partial charge in [0.25, 0.3) is 0 Å². The zero-order valence-corrected chi connectivity index (χ0v) is 13.1. The molecule has 1 aromatic rings. The summed E-state index contributed by atoms with van der Waals surface area (Å²) < 4.78 is 10.2. The molecule has 0 amide bonds. The maximum atomic E-state index is 11.3. The van der Waals surface area contributed by atoms with E-state index in [2.05, 4.69) is 6.58 Å². The summed E-state index contributed by atoms with van der Waals surface area (Å²) in [6.45, 7) is 5.80. The molecule has 0 N–H and O–H groups in total. The Morgan fingerprint density at radius 3 is 2.65 bits per heavy atom. The maximum absolute atomic E-state index is 11.3. The molecule has 1 rings (SSSR count). The van der Waals surface area contributed by atoms with Gasteiger partial charge in [0.1, 0.15) is 12.4 Å². The van der Waals surface area contributed by atoms with Gasteiger partial charge in [-0.05, 0) is 19.1 Å². The third-order valence-electron chi connectivity index (χ3n) is 2.18. The standard InChI is InChI=1S/C14H13Cl3O3/c1-3-7-20-14-9(5-6-12(18)19-4-2)13(17)10(15)8-11(14)16/h3,5-6,8H,1,4,7H2,2H3/b6-5+. The Bertz CT molecular complexity index is 539. The van der Waals surface area contributed by atoms with Crippen LogP contribution >= 0.6 is 34.8 Å². The van der Waals surface area contributed by atoms with Gasteiger partial charge in [-0.15, -0.1) is 0 Å². The molecule has 0 heterocycles. The molecule has 108 valence electrons. The van der Waals surface area contributed by atoms with Gasteiger partial charge in [-0.3, -0.25) is 0 Å². The number of hydrogen-bond donors (Lipinski definition) is 0. The zero-order valence-electron chi connectivity index (χ0n) is 10.8. The van der Waals surface area contributed by atoms with Gasteiger partial charge in [-0.25, -0.2) is 4.79 Å². The van der Waals surface area contributed by atoms with Crippen molar-refractivity contribution in [2.75, 3.05) is 13.2 Å². The van der Waals surface area contributed by atoms with Crippen LogP contribution in [-0.4, -0.2) is 19.2 Å². The van der Waals surface area contributed by atoms with Gasteiger partial charge in [-0.1, -0.05) is 47.5 Å². The molecule has 0 atom stereocenters. The summed E-state index contributed by atoms with van der Waals surface area (Å²) in [5.74, 6) is -0.157. The molecule has 0 saturated heterocycles. The van der Waals surface area contributed by atoms with Crippen LogP contribution in [0.1, 0.15) is 12.5 Å². The van der Waals surface area contributed by atoms with Crippen molar-refractivity contribution in [2.45, 2.75) is 6.92 Å². The molecule has 0 radical (unpaired) electrons. The van der Waals surface area contributed by atoms with Crippen molar-refractivity contribution in [3.05, 3.63) is 45.4 Å². The van der Waals surface area contributed by atoms with Crippen molar-refractivity contribution in [2.24, 2.45) is 0 Å². The fourth-order valence-electron chi connectivity index (χ4n) is 1.38. The smallest absolute Gasteiger partial charge is 0.330 e. The van der Waals surface area contributed by atoms with Gasteiger partial charge in [0.2, 0.25) is 0 Å². The maximum Gasteiger partial charge on any atom is 0.330 e. The Balaban J connectivity index is 3.19. The minimum Gasteiger partial charge on any atom is -0.487 e. The monoisotopic (exact) mass is 334 g/mol. The Hall–Kier alpha value is -1.16. The molecule has 0 saturated carbocycles. The van der Waals surface area contributed by atoms with E-state index in [1.54, 1.807) is 13.0 Å². The molecule has 0 bridgehead atoms. The first-order chi connectivity index (χ1) is 9.51. The van der Waals surface area contributed by atoms with Gasteiger partial charge in [0.15, 0.2) is 0 Å². The Labute approximate surface area is 132 Å². The van der Waals surface area contributed by atoms with Gasteiger partial charge in [-0.2, -0.15) is 0 Å². The van der Waals surface area contributed by atoms with Crippen LogP contribution in [0, 0.1) is 0 Å². The molecular formula is C14H13Cl3O3. The highest BCUT2D eigenvalue weighted by Crippen LogP contribution is 2.40. The predicted octanol–water partition coefficient (Wildman–Crippen LogP) is 4.79. The number of rotatable bonds is 6. The second-order valence-electron chi connectivity index (χ2n) is 3.58. The third-order valence-corrected chi connectivity index (χ3v) is 3.26. The summed E-state index contributed by atoms with van der Waals surface area (Å²) in [6.07, 6.45) is 4.26. The molecule has 0 spiro atoms. The van der Waals surface area contributed by atoms with Crippen LogP contribution in [0.2, 0.25) is 15.1 Å². The summed E-state index contributed by atoms with van der Waals surface area (Å²) in [6, 6.07) is 1.48. The van der Waals surface area contributed by atoms with E-state index in [0.717, 1.165) is 0 Å². The lowest BCUT2D eigenvalue weighted by Gasteiger charge is -2.12. The molecule has 0 unspecified atom stereocenters. The average Bonchev–Trinajstić information content (AvgIpc) is 2.40. The molecular weight excluding hydrogens is 323 g/mol. The van der Waals surface area contributed by atoms with Crippen LogP contribution in [0.5, 0.6) is 5.75 Å². The summed E-state index contributed by atoms with van der Waals surface area (Å²) in [4.78, 5) is 11.3. The van der Waals surface area contributed by atoms with Gasteiger partial charge < -0.3 is 9.47 Å². The highest BCUT2D eigenvalue weighted by molar-refractivity contribution is 6.44. The van der Waals surface area contributed by atoms with Crippen LogP contribution in [0.3, 0.4) is 0 Å². The third kappa shape index (κ3) is 4.44. The van der Waals surface area contributed by atoms with Crippen LogP contribution in [0.15, 0.2) is 24.8 Å². The van der Waals surface area contributed by atoms with Crippen molar-refractivity contribution in [1.29, 1.82) is 0 Å². The highest BCUT2D eigenvalue weighted by Gasteiger charge is 2.15. The number of benzene rings is 1. The minimum atomic E-state index is -0.491. The molecule has 1 aromatic carbocycles. The van der Waals surface area contributed by atoms with E-state index < -0.39 is 5.97 Å². The lowest BCUT2D eigenvalue weighted by atomic mass is 10.2.